The van der Waals surface area contributed by atoms with Gasteiger partial charge < -0.3 is 9.47 Å². The molecule has 2 aliphatic rings. The van der Waals surface area contributed by atoms with Crippen molar-refractivity contribution >= 4 is 0 Å². The van der Waals surface area contributed by atoms with E-state index in [-0.39, 0.29) is 0 Å². The maximum absolute atomic E-state index is 5.76. The molecule has 2 rings (SSSR count). The molecule has 0 aromatic carbocycles. The highest BCUT2D eigenvalue weighted by atomic mass is 16.6. The van der Waals surface area contributed by atoms with Crippen LogP contribution in [0.25, 0.3) is 0 Å². The van der Waals surface area contributed by atoms with Crippen molar-refractivity contribution in [1.29, 1.82) is 0 Å². The Bertz CT molecular complexity index is 124. The molecule has 0 aromatic heterocycles. The van der Waals surface area contributed by atoms with E-state index in [2.05, 4.69) is 0 Å². The van der Waals surface area contributed by atoms with Gasteiger partial charge in [-0.15, -0.1) is 0 Å². The van der Waals surface area contributed by atoms with E-state index >= 15 is 0 Å². The van der Waals surface area contributed by atoms with Gasteiger partial charge in [0, 0.05) is 0 Å². The van der Waals surface area contributed by atoms with Gasteiger partial charge >= 0.3 is 0 Å². The van der Waals surface area contributed by atoms with Crippen LogP contribution in [0.3, 0.4) is 0 Å². The van der Waals surface area contributed by atoms with Gasteiger partial charge in [-0.3, -0.25) is 0 Å². The molecule has 0 N–H and O–H groups in total. The third-order valence-electron chi connectivity index (χ3n) is 2.72. The van der Waals surface area contributed by atoms with Gasteiger partial charge in [0.1, 0.15) is 6.10 Å². The van der Waals surface area contributed by atoms with E-state index in [1.165, 1.54) is 38.5 Å². The molecule has 2 heteroatoms. The van der Waals surface area contributed by atoms with Crippen molar-refractivity contribution in [1.82, 2.24) is 0 Å². The lowest BCUT2D eigenvalue weighted by molar-refractivity contribution is 0.0335. The first-order valence-electron chi connectivity index (χ1n) is 5.18. The minimum atomic E-state index is 0.438. The Hall–Kier alpha value is -0.0800. The SMILES string of the molecule is C1CCCC(OCC2CO2)CC1. The lowest BCUT2D eigenvalue weighted by Gasteiger charge is -2.13. The van der Waals surface area contributed by atoms with E-state index in [0.29, 0.717) is 12.2 Å². The molecule has 70 valence electrons. The highest BCUT2D eigenvalue weighted by molar-refractivity contribution is 4.70. The van der Waals surface area contributed by atoms with E-state index in [1.807, 2.05) is 0 Å². The van der Waals surface area contributed by atoms with Crippen LogP contribution in [0.15, 0.2) is 0 Å². The first-order valence-corrected chi connectivity index (χ1v) is 5.18. The second-order valence-electron chi connectivity index (χ2n) is 3.90. The maximum Gasteiger partial charge on any atom is 0.104 e. The number of epoxide rings is 1. The minimum absolute atomic E-state index is 0.438. The summed E-state index contributed by atoms with van der Waals surface area (Å²) >= 11 is 0. The van der Waals surface area contributed by atoms with Gasteiger partial charge in [-0.25, -0.2) is 0 Å². The van der Waals surface area contributed by atoms with Crippen molar-refractivity contribution in [2.24, 2.45) is 0 Å². The van der Waals surface area contributed by atoms with E-state index in [0.717, 1.165) is 13.2 Å². The summed E-state index contributed by atoms with van der Waals surface area (Å²) in [6, 6.07) is 0. The van der Waals surface area contributed by atoms with E-state index in [1.54, 1.807) is 0 Å². The highest BCUT2D eigenvalue weighted by Crippen LogP contribution is 2.21. The van der Waals surface area contributed by atoms with Gasteiger partial charge in [0.25, 0.3) is 0 Å². The molecule has 1 saturated heterocycles. The van der Waals surface area contributed by atoms with E-state index < -0.39 is 0 Å². The van der Waals surface area contributed by atoms with Crippen molar-refractivity contribution in [2.45, 2.75) is 50.7 Å². The molecule has 0 aromatic rings. The molecule has 1 aliphatic heterocycles. The summed E-state index contributed by atoms with van der Waals surface area (Å²) in [6.07, 6.45) is 9.04. The van der Waals surface area contributed by atoms with Gasteiger partial charge in [-0.2, -0.15) is 0 Å². The van der Waals surface area contributed by atoms with Crippen LogP contribution in [0, 0.1) is 0 Å². The Labute approximate surface area is 74.2 Å². The van der Waals surface area contributed by atoms with Crippen LogP contribution in [-0.2, 0) is 9.47 Å². The Morgan fingerprint density at radius 1 is 1.08 bits per heavy atom. The van der Waals surface area contributed by atoms with Crippen LogP contribution in [0.2, 0.25) is 0 Å². The average molecular weight is 170 g/mol. The third-order valence-corrected chi connectivity index (χ3v) is 2.72. The van der Waals surface area contributed by atoms with Crippen molar-refractivity contribution in [2.75, 3.05) is 13.2 Å². The van der Waals surface area contributed by atoms with Crippen molar-refractivity contribution in [3.8, 4) is 0 Å². The monoisotopic (exact) mass is 170 g/mol. The Morgan fingerprint density at radius 3 is 2.33 bits per heavy atom. The second-order valence-corrected chi connectivity index (χ2v) is 3.90. The summed E-state index contributed by atoms with van der Waals surface area (Å²) < 4.78 is 10.9. The molecule has 12 heavy (non-hydrogen) atoms. The van der Waals surface area contributed by atoms with Crippen molar-refractivity contribution in [3.63, 3.8) is 0 Å². The zero-order valence-corrected chi connectivity index (χ0v) is 7.63. The number of ether oxygens (including phenoxy) is 2. The van der Waals surface area contributed by atoms with Crippen LogP contribution < -0.4 is 0 Å². The van der Waals surface area contributed by atoms with E-state index in [9.17, 15) is 0 Å². The summed E-state index contributed by atoms with van der Waals surface area (Å²) in [7, 11) is 0. The first-order chi connectivity index (χ1) is 5.95. The zero-order chi connectivity index (χ0) is 8.23. The highest BCUT2D eigenvalue weighted by Gasteiger charge is 2.24. The maximum atomic E-state index is 5.76. The minimum Gasteiger partial charge on any atom is -0.375 e. The van der Waals surface area contributed by atoms with Gasteiger partial charge in [0.15, 0.2) is 0 Å². The molecule has 1 heterocycles. The fraction of sp³-hybridized carbons (Fsp3) is 1.00. The molecule has 2 nitrogen and oxygen atoms in total. The van der Waals surface area contributed by atoms with Crippen molar-refractivity contribution in [3.05, 3.63) is 0 Å². The second kappa shape index (κ2) is 4.24. The quantitative estimate of drug-likeness (QED) is 0.478. The lowest BCUT2D eigenvalue weighted by Crippen LogP contribution is -2.15. The van der Waals surface area contributed by atoms with Crippen LogP contribution >= 0.6 is 0 Å². The Morgan fingerprint density at radius 2 is 1.75 bits per heavy atom. The molecular weight excluding hydrogens is 152 g/mol. The predicted molar refractivity (Wildman–Crippen MR) is 47.2 cm³/mol. The average Bonchev–Trinajstić information content (AvgIpc) is 2.90. The first kappa shape index (κ1) is 8.52. The van der Waals surface area contributed by atoms with Gasteiger partial charge in [0.2, 0.25) is 0 Å². The molecular formula is C10H18O2. The fourth-order valence-corrected chi connectivity index (χ4v) is 1.82. The third kappa shape index (κ3) is 2.76. The summed E-state index contributed by atoms with van der Waals surface area (Å²) in [5.74, 6) is 0. The molecule has 1 unspecified atom stereocenters. The number of rotatable bonds is 3. The molecule has 1 atom stereocenters. The standard InChI is InChI=1S/C10H18O2/c1-2-4-6-9(5-3-1)11-7-10-8-12-10/h9-10H,1-8H2. The molecule has 1 aliphatic carbocycles. The predicted octanol–water partition coefficient (Wildman–Crippen LogP) is 2.12. The molecule has 2 fully saturated rings. The summed E-state index contributed by atoms with van der Waals surface area (Å²) in [5, 5.41) is 0. The zero-order valence-electron chi connectivity index (χ0n) is 7.63. The molecule has 0 amide bonds. The van der Waals surface area contributed by atoms with Gasteiger partial charge in [-0.05, 0) is 12.8 Å². The summed E-state index contributed by atoms with van der Waals surface area (Å²) in [6.45, 7) is 1.76. The van der Waals surface area contributed by atoms with Crippen LogP contribution in [0.5, 0.6) is 0 Å². The van der Waals surface area contributed by atoms with Crippen LogP contribution in [-0.4, -0.2) is 25.4 Å². The molecule has 1 saturated carbocycles. The summed E-state index contributed by atoms with van der Waals surface area (Å²) in [4.78, 5) is 0. The van der Waals surface area contributed by atoms with Crippen LogP contribution in [0.1, 0.15) is 38.5 Å². The summed E-state index contributed by atoms with van der Waals surface area (Å²) in [5.41, 5.74) is 0. The number of hydrogen-bond acceptors (Lipinski definition) is 2. The largest absolute Gasteiger partial charge is 0.375 e. The lowest BCUT2D eigenvalue weighted by atomic mass is 10.1. The van der Waals surface area contributed by atoms with Crippen LogP contribution in [0.4, 0.5) is 0 Å². The normalized spacial score (nSPS) is 31.5. The van der Waals surface area contributed by atoms with Gasteiger partial charge in [-0.1, -0.05) is 25.7 Å². The molecule has 0 spiro atoms. The van der Waals surface area contributed by atoms with Gasteiger partial charge in [0.05, 0.1) is 19.3 Å². The molecule has 0 radical (unpaired) electrons. The smallest absolute Gasteiger partial charge is 0.104 e. The van der Waals surface area contributed by atoms with Crippen molar-refractivity contribution < 1.29 is 9.47 Å². The molecule has 0 bridgehead atoms. The number of hydrogen-bond donors (Lipinski definition) is 0. The fourth-order valence-electron chi connectivity index (χ4n) is 1.82. The topological polar surface area (TPSA) is 21.8 Å². The Balaban J connectivity index is 1.62. The van der Waals surface area contributed by atoms with E-state index in [4.69, 9.17) is 9.47 Å². The Kier molecular flexibility index (Phi) is 3.01.